The SMILES string of the molecule is CSCCC(NC(=O)C(NC(=O)C1CCCN1C(=O)C(N)CCCN=C(N)N)C(C)O)C(=O)O. The first-order valence-electron chi connectivity index (χ1n) is 11.1. The number of hydrogen-bond acceptors (Lipinski definition) is 8. The molecule has 5 atom stereocenters. The molecule has 194 valence electrons. The van der Waals surface area contributed by atoms with Gasteiger partial charge in [-0.15, -0.1) is 0 Å². The first kappa shape index (κ1) is 29.5. The molecule has 3 amide bonds. The van der Waals surface area contributed by atoms with Crippen molar-refractivity contribution in [1.82, 2.24) is 15.5 Å². The molecule has 13 nitrogen and oxygen atoms in total. The van der Waals surface area contributed by atoms with Gasteiger partial charge in [0.15, 0.2) is 5.96 Å². The Labute approximate surface area is 203 Å². The second-order valence-electron chi connectivity index (χ2n) is 8.15. The number of hydrogen-bond donors (Lipinski definition) is 7. The van der Waals surface area contributed by atoms with Gasteiger partial charge in [0.05, 0.1) is 12.1 Å². The number of nitrogens with two attached hydrogens (primary N) is 3. The molecule has 0 radical (unpaired) electrons. The number of likely N-dealkylation sites (tertiary alicyclic amines) is 1. The van der Waals surface area contributed by atoms with Crippen molar-refractivity contribution in [3.63, 3.8) is 0 Å². The van der Waals surface area contributed by atoms with Crippen LogP contribution < -0.4 is 27.8 Å². The number of aliphatic hydroxyl groups excluding tert-OH is 1. The van der Waals surface area contributed by atoms with Crippen LogP contribution in [0.4, 0.5) is 0 Å². The molecule has 0 aromatic heterocycles. The lowest BCUT2D eigenvalue weighted by atomic mass is 10.1. The summed E-state index contributed by atoms with van der Waals surface area (Å²) in [6.07, 6.45) is 2.47. The Morgan fingerprint density at radius 1 is 1.21 bits per heavy atom. The second-order valence-corrected chi connectivity index (χ2v) is 9.14. The number of carbonyl (C=O) groups is 4. The summed E-state index contributed by atoms with van der Waals surface area (Å²) in [6, 6.07) is -4.22. The summed E-state index contributed by atoms with van der Waals surface area (Å²) in [5.41, 5.74) is 16.5. The van der Waals surface area contributed by atoms with Gasteiger partial charge in [0.1, 0.15) is 18.1 Å². The van der Waals surface area contributed by atoms with Gasteiger partial charge in [-0.3, -0.25) is 19.4 Å². The highest BCUT2D eigenvalue weighted by Crippen LogP contribution is 2.19. The first-order valence-corrected chi connectivity index (χ1v) is 12.5. The molecular formula is C20H37N7O6S. The number of carboxylic acid groups (broad SMARTS) is 1. The predicted octanol–water partition coefficient (Wildman–Crippen LogP) is -2.45. The molecule has 1 rings (SSSR count). The van der Waals surface area contributed by atoms with E-state index in [9.17, 15) is 29.4 Å². The zero-order valence-electron chi connectivity index (χ0n) is 19.6. The van der Waals surface area contributed by atoms with Gasteiger partial charge < -0.3 is 42.9 Å². The van der Waals surface area contributed by atoms with E-state index in [2.05, 4.69) is 15.6 Å². The Bertz CT molecular complexity index is 747. The van der Waals surface area contributed by atoms with Crippen molar-refractivity contribution in [2.75, 3.05) is 25.1 Å². The van der Waals surface area contributed by atoms with Crippen molar-refractivity contribution in [2.45, 2.75) is 69.3 Å². The highest BCUT2D eigenvalue weighted by Gasteiger charge is 2.38. The molecule has 0 aliphatic carbocycles. The third-order valence-corrected chi connectivity index (χ3v) is 6.06. The summed E-state index contributed by atoms with van der Waals surface area (Å²) in [5, 5.41) is 24.2. The molecule has 1 aliphatic heterocycles. The Morgan fingerprint density at radius 3 is 2.44 bits per heavy atom. The van der Waals surface area contributed by atoms with E-state index >= 15 is 0 Å². The molecule has 1 saturated heterocycles. The lowest BCUT2D eigenvalue weighted by molar-refractivity contribution is -0.144. The molecule has 5 unspecified atom stereocenters. The number of nitrogens with one attached hydrogen (secondary N) is 2. The standard InChI is InChI=1S/C20H37N7O6S/c1-11(28)15(17(30)25-13(19(32)33)7-10-34-2)26-16(29)14-6-4-9-27(14)18(31)12(21)5-3-8-24-20(22)23/h11-15,28H,3-10,21H2,1-2H3,(H,25,30)(H,26,29)(H,32,33)(H4,22,23,24). The highest BCUT2D eigenvalue weighted by molar-refractivity contribution is 7.98. The minimum absolute atomic E-state index is 0.0493. The minimum atomic E-state index is -1.38. The minimum Gasteiger partial charge on any atom is -0.480 e. The number of aliphatic hydroxyl groups is 1. The molecule has 14 heteroatoms. The third-order valence-electron chi connectivity index (χ3n) is 5.41. The number of aliphatic imine (C=N–C) groups is 1. The second kappa shape index (κ2) is 14.6. The van der Waals surface area contributed by atoms with Crippen LogP contribution in [0.2, 0.25) is 0 Å². The van der Waals surface area contributed by atoms with Gasteiger partial charge >= 0.3 is 5.97 Å². The summed E-state index contributed by atoms with van der Waals surface area (Å²) < 4.78 is 0. The predicted molar refractivity (Wildman–Crippen MR) is 129 cm³/mol. The number of guanidine groups is 1. The van der Waals surface area contributed by atoms with E-state index in [1.54, 1.807) is 0 Å². The number of amides is 3. The van der Waals surface area contributed by atoms with Crippen molar-refractivity contribution in [1.29, 1.82) is 0 Å². The maximum Gasteiger partial charge on any atom is 0.326 e. The van der Waals surface area contributed by atoms with E-state index < -0.39 is 54.0 Å². The first-order chi connectivity index (χ1) is 16.0. The average molecular weight is 504 g/mol. The lowest BCUT2D eigenvalue weighted by Crippen LogP contribution is -2.59. The van der Waals surface area contributed by atoms with Gasteiger partial charge in [-0.05, 0) is 51.0 Å². The van der Waals surface area contributed by atoms with Crippen LogP contribution in [0.1, 0.15) is 39.0 Å². The number of nitrogens with zero attached hydrogens (tertiary/aromatic N) is 2. The van der Waals surface area contributed by atoms with Crippen molar-refractivity contribution in [2.24, 2.45) is 22.2 Å². The van der Waals surface area contributed by atoms with E-state index in [1.807, 2.05) is 6.26 Å². The molecule has 34 heavy (non-hydrogen) atoms. The normalized spacial score (nSPS) is 18.9. The molecular weight excluding hydrogens is 466 g/mol. The number of carbonyl (C=O) groups excluding carboxylic acids is 3. The monoisotopic (exact) mass is 503 g/mol. The number of aliphatic carboxylic acids is 1. The maximum atomic E-state index is 12.9. The zero-order valence-corrected chi connectivity index (χ0v) is 20.4. The van der Waals surface area contributed by atoms with Crippen LogP contribution >= 0.6 is 11.8 Å². The van der Waals surface area contributed by atoms with Crippen LogP contribution in [0.15, 0.2) is 4.99 Å². The van der Waals surface area contributed by atoms with Crippen molar-refractivity contribution in [3.8, 4) is 0 Å². The summed E-state index contributed by atoms with van der Waals surface area (Å²) >= 11 is 1.43. The summed E-state index contributed by atoms with van der Waals surface area (Å²) in [4.78, 5) is 55.0. The van der Waals surface area contributed by atoms with E-state index in [-0.39, 0.29) is 12.4 Å². The third kappa shape index (κ3) is 9.35. The van der Waals surface area contributed by atoms with Crippen LogP contribution in [-0.2, 0) is 19.2 Å². The highest BCUT2D eigenvalue weighted by atomic mass is 32.2. The molecule has 1 fully saturated rings. The van der Waals surface area contributed by atoms with Crippen molar-refractivity contribution < 1.29 is 29.4 Å². The van der Waals surface area contributed by atoms with Crippen LogP contribution in [0.3, 0.4) is 0 Å². The van der Waals surface area contributed by atoms with Crippen LogP contribution in [-0.4, -0.2) is 100 Å². The van der Waals surface area contributed by atoms with Gasteiger partial charge in [0.2, 0.25) is 17.7 Å². The quantitative estimate of drug-likeness (QED) is 0.0751. The van der Waals surface area contributed by atoms with E-state index in [0.29, 0.717) is 44.5 Å². The molecule has 10 N–H and O–H groups in total. The van der Waals surface area contributed by atoms with Crippen LogP contribution in [0.25, 0.3) is 0 Å². The summed E-state index contributed by atoms with van der Waals surface area (Å²) in [5.74, 6) is -2.58. The van der Waals surface area contributed by atoms with Gasteiger partial charge in [-0.1, -0.05) is 0 Å². The molecule has 1 aliphatic rings. The summed E-state index contributed by atoms with van der Waals surface area (Å²) in [6.45, 7) is 1.97. The van der Waals surface area contributed by atoms with Gasteiger partial charge in [0.25, 0.3) is 0 Å². The number of rotatable bonds is 14. The van der Waals surface area contributed by atoms with E-state index in [0.717, 1.165) is 0 Å². The van der Waals surface area contributed by atoms with Gasteiger partial charge in [-0.2, -0.15) is 11.8 Å². The Morgan fingerprint density at radius 2 is 1.88 bits per heavy atom. The lowest BCUT2D eigenvalue weighted by Gasteiger charge is -2.29. The van der Waals surface area contributed by atoms with Crippen molar-refractivity contribution in [3.05, 3.63) is 0 Å². The van der Waals surface area contributed by atoms with Crippen molar-refractivity contribution >= 4 is 41.4 Å². The summed E-state index contributed by atoms with van der Waals surface area (Å²) in [7, 11) is 0. The molecule has 1 heterocycles. The van der Waals surface area contributed by atoms with E-state index in [4.69, 9.17) is 17.2 Å². The fourth-order valence-corrected chi connectivity index (χ4v) is 4.04. The van der Waals surface area contributed by atoms with Gasteiger partial charge in [-0.25, -0.2) is 4.79 Å². The largest absolute Gasteiger partial charge is 0.480 e. The molecule has 0 aromatic carbocycles. The molecule has 0 bridgehead atoms. The van der Waals surface area contributed by atoms with E-state index in [1.165, 1.54) is 23.6 Å². The Balaban J connectivity index is 2.78. The number of thioether (sulfide) groups is 1. The van der Waals surface area contributed by atoms with Crippen LogP contribution in [0, 0.1) is 0 Å². The molecule has 0 aromatic rings. The molecule has 0 saturated carbocycles. The fraction of sp³-hybridized carbons (Fsp3) is 0.750. The number of carboxylic acids is 1. The zero-order chi connectivity index (χ0) is 25.8. The van der Waals surface area contributed by atoms with Gasteiger partial charge in [0, 0.05) is 13.1 Å². The average Bonchev–Trinajstić information content (AvgIpc) is 3.26. The maximum absolute atomic E-state index is 12.9. The fourth-order valence-electron chi connectivity index (χ4n) is 3.57. The Kier molecular flexibility index (Phi) is 12.7. The smallest absolute Gasteiger partial charge is 0.326 e. The topological polar surface area (TPSA) is 226 Å². The Hall–Kier alpha value is -2.58. The molecule has 0 spiro atoms. The van der Waals surface area contributed by atoms with Crippen LogP contribution in [0.5, 0.6) is 0 Å².